The van der Waals surface area contributed by atoms with Gasteiger partial charge in [0, 0.05) is 22.4 Å². The lowest BCUT2D eigenvalue weighted by Crippen LogP contribution is -2.43. The first-order valence-corrected chi connectivity index (χ1v) is 8.21. The molecule has 0 N–H and O–H groups in total. The fraction of sp³-hybridized carbons (Fsp3) is 0.412. The Morgan fingerprint density at radius 2 is 1.95 bits per heavy atom. The third-order valence-electron chi connectivity index (χ3n) is 4.74. The molecule has 0 amide bonds. The Hall–Kier alpha value is -1.32. The van der Waals surface area contributed by atoms with E-state index in [0.29, 0.717) is 0 Å². The van der Waals surface area contributed by atoms with Crippen LogP contribution in [-0.4, -0.2) is 24.6 Å². The first-order chi connectivity index (χ1) is 9.86. The number of likely N-dealkylation sites (tertiary alicyclic amines) is 1. The van der Waals surface area contributed by atoms with Crippen molar-refractivity contribution < 1.29 is 4.74 Å². The number of benzene rings is 1. The number of hydrogen-bond donors (Lipinski definition) is 0. The predicted molar refractivity (Wildman–Crippen MR) is 82.4 cm³/mol. The third kappa shape index (κ3) is 2.05. The van der Waals surface area contributed by atoms with Crippen LogP contribution in [0.1, 0.15) is 23.3 Å². The third-order valence-corrected chi connectivity index (χ3v) is 5.60. The van der Waals surface area contributed by atoms with E-state index in [4.69, 9.17) is 4.74 Å². The minimum atomic E-state index is 0.280. The molecule has 1 spiro atoms. The molecule has 20 heavy (non-hydrogen) atoms. The summed E-state index contributed by atoms with van der Waals surface area (Å²) in [6, 6.07) is 13.0. The molecule has 2 nitrogen and oxygen atoms in total. The molecular formula is C17H19NOS. The number of piperidine rings is 1. The number of fused-ring (bicyclic) bond motifs is 2. The zero-order valence-electron chi connectivity index (χ0n) is 11.5. The van der Waals surface area contributed by atoms with E-state index in [9.17, 15) is 0 Å². The van der Waals surface area contributed by atoms with E-state index in [2.05, 4.69) is 46.7 Å². The molecule has 3 heteroatoms. The molecule has 2 aromatic rings. The number of thiophene rings is 1. The summed E-state index contributed by atoms with van der Waals surface area (Å²) in [5.41, 5.74) is 1.72. The molecule has 0 atom stereocenters. The van der Waals surface area contributed by atoms with Gasteiger partial charge in [0.25, 0.3) is 0 Å². The van der Waals surface area contributed by atoms with Gasteiger partial charge < -0.3 is 4.74 Å². The molecule has 1 aromatic carbocycles. The lowest BCUT2D eigenvalue weighted by atomic mass is 9.74. The lowest BCUT2D eigenvalue weighted by Gasteiger charge is -2.38. The summed E-state index contributed by atoms with van der Waals surface area (Å²) in [6.45, 7) is 4.33. The number of nitrogens with zero attached hydrogens (tertiary/aromatic N) is 1. The Balaban J connectivity index is 1.47. The molecule has 2 aliphatic rings. The van der Waals surface area contributed by atoms with Crippen LogP contribution in [-0.2, 0) is 12.0 Å². The highest BCUT2D eigenvalue weighted by Crippen LogP contribution is 2.45. The zero-order valence-corrected chi connectivity index (χ0v) is 12.4. The van der Waals surface area contributed by atoms with Crippen molar-refractivity contribution in [3.05, 3.63) is 52.2 Å². The maximum Gasteiger partial charge on any atom is 0.123 e. The molecule has 2 aliphatic heterocycles. The van der Waals surface area contributed by atoms with Crippen LogP contribution < -0.4 is 4.74 Å². The van der Waals surface area contributed by atoms with Crippen LogP contribution in [0.5, 0.6) is 5.75 Å². The normalized spacial score (nSPS) is 20.8. The van der Waals surface area contributed by atoms with Crippen molar-refractivity contribution in [2.24, 2.45) is 0 Å². The van der Waals surface area contributed by atoms with Crippen LogP contribution in [0.2, 0.25) is 0 Å². The molecule has 4 rings (SSSR count). The first kappa shape index (κ1) is 12.4. The van der Waals surface area contributed by atoms with Crippen molar-refractivity contribution in [2.75, 3.05) is 19.7 Å². The van der Waals surface area contributed by atoms with Crippen LogP contribution >= 0.6 is 11.3 Å². The van der Waals surface area contributed by atoms with Gasteiger partial charge in [-0.25, -0.2) is 0 Å². The topological polar surface area (TPSA) is 12.5 Å². The molecule has 0 saturated carbocycles. The van der Waals surface area contributed by atoms with Crippen LogP contribution in [0.3, 0.4) is 0 Å². The van der Waals surface area contributed by atoms with E-state index in [-0.39, 0.29) is 5.41 Å². The van der Waals surface area contributed by atoms with Gasteiger partial charge in [-0.3, -0.25) is 4.90 Å². The molecule has 0 unspecified atom stereocenters. The summed E-state index contributed by atoms with van der Waals surface area (Å²) >= 11 is 1.86. The van der Waals surface area contributed by atoms with Gasteiger partial charge in [0.15, 0.2) is 0 Å². The van der Waals surface area contributed by atoms with Crippen molar-refractivity contribution in [1.82, 2.24) is 4.90 Å². The van der Waals surface area contributed by atoms with Crippen molar-refractivity contribution in [3.8, 4) is 5.75 Å². The largest absolute Gasteiger partial charge is 0.492 e. The fourth-order valence-corrected chi connectivity index (χ4v) is 4.25. The Bertz CT molecular complexity index is 585. The molecule has 0 bridgehead atoms. The molecule has 0 radical (unpaired) electrons. The van der Waals surface area contributed by atoms with Gasteiger partial charge in [0.05, 0.1) is 6.61 Å². The maximum absolute atomic E-state index is 5.92. The summed E-state index contributed by atoms with van der Waals surface area (Å²) in [6.07, 6.45) is 2.44. The van der Waals surface area contributed by atoms with E-state index >= 15 is 0 Å². The van der Waals surface area contributed by atoms with Gasteiger partial charge in [-0.05, 0) is 43.4 Å². The minimum absolute atomic E-state index is 0.280. The van der Waals surface area contributed by atoms with E-state index in [1.165, 1.54) is 36.4 Å². The smallest absolute Gasteiger partial charge is 0.123 e. The van der Waals surface area contributed by atoms with Crippen LogP contribution in [0.25, 0.3) is 0 Å². The highest BCUT2D eigenvalue weighted by Gasteiger charge is 2.42. The summed E-state index contributed by atoms with van der Waals surface area (Å²) in [4.78, 5) is 4.06. The van der Waals surface area contributed by atoms with E-state index in [1.807, 2.05) is 11.3 Å². The number of hydrogen-bond acceptors (Lipinski definition) is 3. The Morgan fingerprint density at radius 3 is 2.75 bits per heavy atom. The Labute approximate surface area is 124 Å². The average molecular weight is 285 g/mol. The van der Waals surface area contributed by atoms with Gasteiger partial charge >= 0.3 is 0 Å². The minimum Gasteiger partial charge on any atom is -0.492 e. The van der Waals surface area contributed by atoms with Crippen molar-refractivity contribution >= 4 is 11.3 Å². The van der Waals surface area contributed by atoms with Gasteiger partial charge in [-0.2, -0.15) is 0 Å². The standard InChI is InChI=1S/C17H19NOS/c1-2-6-16-15(5-1)17(13-19-16)7-9-18(10-8-17)12-14-4-3-11-20-14/h1-6,11H,7-10,12-13H2. The summed E-state index contributed by atoms with van der Waals surface area (Å²) in [5.74, 6) is 1.11. The SMILES string of the molecule is c1csc(CN2CCC3(CC2)COc2ccccc23)c1. The summed E-state index contributed by atoms with van der Waals surface area (Å²) in [7, 11) is 0. The van der Waals surface area contributed by atoms with E-state index in [0.717, 1.165) is 18.9 Å². The molecule has 3 heterocycles. The Kier molecular flexibility index (Phi) is 3.04. The highest BCUT2D eigenvalue weighted by molar-refractivity contribution is 7.09. The molecule has 104 valence electrons. The average Bonchev–Trinajstić information content (AvgIpc) is 3.11. The Morgan fingerprint density at radius 1 is 1.10 bits per heavy atom. The molecule has 1 aromatic heterocycles. The fourth-order valence-electron chi connectivity index (χ4n) is 3.50. The number of para-hydroxylation sites is 1. The molecule has 0 aliphatic carbocycles. The molecule has 1 fully saturated rings. The highest BCUT2D eigenvalue weighted by atomic mass is 32.1. The predicted octanol–water partition coefficient (Wildman–Crippen LogP) is 3.67. The summed E-state index contributed by atoms with van der Waals surface area (Å²) < 4.78 is 5.92. The van der Waals surface area contributed by atoms with Crippen molar-refractivity contribution in [2.45, 2.75) is 24.8 Å². The lowest BCUT2D eigenvalue weighted by molar-refractivity contribution is 0.131. The second kappa shape index (κ2) is 4.90. The second-order valence-electron chi connectivity index (χ2n) is 5.92. The van der Waals surface area contributed by atoms with Crippen LogP contribution in [0, 0.1) is 0 Å². The second-order valence-corrected chi connectivity index (χ2v) is 6.95. The van der Waals surface area contributed by atoms with Gasteiger partial charge in [0.2, 0.25) is 0 Å². The van der Waals surface area contributed by atoms with Gasteiger partial charge in [0.1, 0.15) is 5.75 Å². The summed E-state index contributed by atoms with van der Waals surface area (Å²) in [5, 5.41) is 2.17. The molecular weight excluding hydrogens is 266 g/mol. The first-order valence-electron chi connectivity index (χ1n) is 7.33. The zero-order chi connectivity index (χ0) is 13.4. The van der Waals surface area contributed by atoms with E-state index < -0.39 is 0 Å². The van der Waals surface area contributed by atoms with Crippen molar-refractivity contribution in [1.29, 1.82) is 0 Å². The van der Waals surface area contributed by atoms with Gasteiger partial charge in [-0.15, -0.1) is 11.3 Å². The number of ether oxygens (including phenoxy) is 1. The quantitative estimate of drug-likeness (QED) is 0.834. The van der Waals surface area contributed by atoms with E-state index in [1.54, 1.807) is 0 Å². The number of rotatable bonds is 2. The maximum atomic E-state index is 5.92. The monoisotopic (exact) mass is 285 g/mol. The van der Waals surface area contributed by atoms with Crippen LogP contribution in [0.15, 0.2) is 41.8 Å². The van der Waals surface area contributed by atoms with Crippen molar-refractivity contribution in [3.63, 3.8) is 0 Å². The van der Waals surface area contributed by atoms with Gasteiger partial charge in [-0.1, -0.05) is 24.3 Å². The molecule has 1 saturated heterocycles. The van der Waals surface area contributed by atoms with Crippen LogP contribution in [0.4, 0.5) is 0 Å².